The summed E-state index contributed by atoms with van der Waals surface area (Å²) >= 11 is 3.48. The van der Waals surface area contributed by atoms with E-state index in [1.54, 1.807) is 0 Å². The zero-order valence-electron chi connectivity index (χ0n) is 9.54. The van der Waals surface area contributed by atoms with E-state index in [2.05, 4.69) is 28.1 Å². The summed E-state index contributed by atoms with van der Waals surface area (Å²) in [5, 5.41) is 10.6. The van der Waals surface area contributed by atoms with Crippen molar-refractivity contribution in [1.82, 2.24) is 0 Å². The molecule has 0 saturated heterocycles. The average Bonchev–Trinajstić information content (AvgIpc) is 2.28. The number of nitrogens with two attached hydrogens (primary N) is 1. The second kappa shape index (κ2) is 4.47. The van der Waals surface area contributed by atoms with Crippen LogP contribution in [0.3, 0.4) is 0 Å². The lowest BCUT2D eigenvalue weighted by molar-refractivity contribution is -0.0206. The number of hydrogen-bond donors (Lipinski definition) is 2. The highest BCUT2D eigenvalue weighted by atomic mass is 79.9. The molecule has 1 aliphatic rings. The lowest BCUT2D eigenvalue weighted by atomic mass is 9.74. The fraction of sp³-hybridized carbons (Fsp3) is 0.538. The highest BCUT2D eigenvalue weighted by Crippen LogP contribution is 2.34. The monoisotopic (exact) mass is 283 g/mol. The Morgan fingerprint density at radius 3 is 2.94 bits per heavy atom. The lowest BCUT2D eigenvalue weighted by Crippen LogP contribution is -2.45. The van der Waals surface area contributed by atoms with E-state index in [0.29, 0.717) is 6.54 Å². The number of benzene rings is 1. The van der Waals surface area contributed by atoms with Gasteiger partial charge in [0.2, 0.25) is 0 Å². The normalized spacial score (nSPS) is 26.2. The first-order chi connectivity index (χ1) is 7.55. The van der Waals surface area contributed by atoms with Crippen LogP contribution in [0.2, 0.25) is 0 Å². The summed E-state index contributed by atoms with van der Waals surface area (Å²) in [6, 6.07) is 6.30. The molecule has 0 aliphatic heterocycles. The molecular formula is C13H18BrNO. The predicted octanol–water partition coefficient (Wildman–Crippen LogP) is 2.26. The van der Waals surface area contributed by atoms with Gasteiger partial charge in [0.05, 0.1) is 5.60 Å². The summed E-state index contributed by atoms with van der Waals surface area (Å²) in [5.41, 5.74) is 7.66. The molecule has 1 aromatic carbocycles. The molecule has 0 aromatic heterocycles. The predicted molar refractivity (Wildman–Crippen MR) is 69.3 cm³/mol. The Morgan fingerprint density at radius 1 is 1.50 bits per heavy atom. The van der Waals surface area contributed by atoms with Gasteiger partial charge in [-0.05, 0) is 48.6 Å². The molecule has 0 heterocycles. The van der Waals surface area contributed by atoms with Crippen LogP contribution in [-0.4, -0.2) is 17.3 Å². The number of aliphatic hydroxyl groups is 1. The number of hydrogen-bond acceptors (Lipinski definition) is 2. The molecule has 2 atom stereocenters. The number of rotatable bonds is 2. The highest BCUT2D eigenvalue weighted by Gasteiger charge is 2.36. The van der Waals surface area contributed by atoms with Crippen molar-refractivity contribution in [1.29, 1.82) is 0 Å². The molecule has 1 aromatic rings. The standard InChI is InChI=1S/C13H18BrNO/c1-9(8-15)13(16)5-4-10-6-12(14)3-2-11(10)7-13/h2-3,6,9,16H,4-5,7-8,15H2,1H3. The van der Waals surface area contributed by atoms with Gasteiger partial charge in [-0.1, -0.05) is 28.9 Å². The molecule has 0 amide bonds. The number of halogens is 1. The molecule has 3 N–H and O–H groups in total. The van der Waals surface area contributed by atoms with Gasteiger partial charge < -0.3 is 10.8 Å². The Kier molecular flexibility index (Phi) is 3.38. The van der Waals surface area contributed by atoms with Crippen molar-refractivity contribution in [2.75, 3.05) is 6.54 Å². The van der Waals surface area contributed by atoms with Crippen LogP contribution in [0, 0.1) is 5.92 Å². The van der Waals surface area contributed by atoms with Crippen LogP contribution >= 0.6 is 15.9 Å². The van der Waals surface area contributed by atoms with Crippen LogP contribution in [-0.2, 0) is 12.8 Å². The summed E-state index contributed by atoms with van der Waals surface area (Å²) in [4.78, 5) is 0. The van der Waals surface area contributed by atoms with E-state index in [1.165, 1.54) is 11.1 Å². The van der Waals surface area contributed by atoms with Gasteiger partial charge in [0.1, 0.15) is 0 Å². The molecule has 2 unspecified atom stereocenters. The number of fused-ring (bicyclic) bond motifs is 1. The molecular weight excluding hydrogens is 266 g/mol. The fourth-order valence-corrected chi connectivity index (χ4v) is 2.82. The number of aryl methyl sites for hydroxylation is 1. The third-order valence-corrected chi connectivity index (χ3v) is 4.26. The van der Waals surface area contributed by atoms with Crippen molar-refractivity contribution in [2.24, 2.45) is 11.7 Å². The van der Waals surface area contributed by atoms with Crippen molar-refractivity contribution < 1.29 is 5.11 Å². The molecule has 0 fully saturated rings. The van der Waals surface area contributed by atoms with E-state index >= 15 is 0 Å². The van der Waals surface area contributed by atoms with E-state index in [-0.39, 0.29) is 5.92 Å². The summed E-state index contributed by atoms with van der Waals surface area (Å²) in [7, 11) is 0. The Hall–Kier alpha value is -0.380. The maximum atomic E-state index is 10.6. The van der Waals surface area contributed by atoms with Gasteiger partial charge in [0.25, 0.3) is 0 Å². The summed E-state index contributed by atoms with van der Waals surface area (Å²) < 4.78 is 1.11. The lowest BCUT2D eigenvalue weighted by Gasteiger charge is -2.38. The Balaban J connectivity index is 2.27. The van der Waals surface area contributed by atoms with E-state index < -0.39 is 5.60 Å². The SMILES string of the molecule is CC(CN)C1(O)CCc2cc(Br)ccc2C1. The zero-order valence-corrected chi connectivity index (χ0v) is 11.1. The first-order valence-electron chi connectivity index (χ1n) is 5.75. The molecule has 0 bridgehead atoms. The molecule has 0 spiro atoms. The van der Waals surface area contributed by atoms with Gasteiger partial charge in [-0.25, -0.2) is 0 Å². The van der Waals surface area contributed by atoms with Gasteiger partial charge in [0, 0.05) is 10.9 Å². The van der Waals surface area contributed by atoms with E-state index in [9.17, 15) is 5.11 Å². The zero-order chi connectivity index (χ0) is 11.8. The smallest absolute Gasteiger partial charge is 0.0728 e. The third-order valence-electron chi connectivity index (χ3n) is 3.76. The Labute approximate surface area is 105 Å². The molecule has 0 saturated carbocycles. The van der Waals surface area contributed by atoms with Gasteiger partial charge in [-0.15, -0.1) is 0 Å². The highest BCUT2D eigenvalue weighted by molar-refractivity contribution is 9.10. The minimum Gasteiger partial charge on any atom is -0.389 e. The molecule has 0 radical (unpaired) electrons. The largest absolute Gasteiger partial charge is 0.389 e. The van der Waals surface area contributed by atoms with Crippen molar-refractivity contribution in [3.8, 4) is 0 Å². The topological polar surface area (TPSA) is 46.2 Å². The van der Waals surface area contributed by atoms with Crippen LogP contribution in [0.1, 0.15) is 24.5 Å². The van der Waals surface area contributed by atoms with Gasteiger partial charge in [-0.2, -0.15) is 0 Å². The maximum absolute atomic E-state index is 10.6. The van der Waals surface area contributed by atoms with Gasteiger partial charge in [0.15, 0.2) is 0 Å². The Bertz CT molecular complexity index is 394. The van der Waals surface area contributed by atoms with Crippen LogP contribution in [0.25, 0.3) is 0 Å². The second-order valence-electron chi connectivity index (χ2n) is 4.83. The minimum atomic E-state index is -0.615. The average molecular weight is 284 g/mol. The van der Waals surface area contributed by atoms with Crippen LogP contribution < -0.4 is 5.73 Å². The van der Waals surface area contributed by atoms with Gasteiger partial charge in [-0.3, -0.25) is 0 Å². The van der Waals surface area contributed by atoms with Crippen LogP contribution in [0.5, 0.6) is 0 Å². The third kappa shape index (κ3) is 2.17. The van der Waals surface area contributed by atoms with Crippen molar-refractivity contribution in [3.05, 3.63) is 33.8 Å². The fourth-order valence-electron chi connectivity index (χ4n) is 2.41. The van der Waals surface area contributed by atoms with Gasteiger partial charge >= 0.3 is 0 Å². The maximum Gasteiger partial charge on any atom is 0.0728 e. The first kappa shape index (κ1) is 12.1. The minimum absolute atomic E-state index is 0.157. The van der Waals surface area contributed by atoms with E-state index in [0.717, 1.165) is 23.7 Å². The molecule has 16 heavy (non-hydrogen) atoms. The van der Waals surface area contributed by atoms with Crippen molar-refractivity contribution in [3.63, 3.8) is 0 Å². The summed E-state index contributed by atoms with van der Waals surface area (Å²) in [6.45, 7) is 2.58. The molecule has 1 aliphatic carbocycles. The summed E-state index contributed by atoms with van der Waals surface area (Å²) in [6.07, 6.45) is 2.48. The van der Waals surface area contributed by atoms with E-state index in [4.69, 9.17) is 5.73 Å². The second-order valence-corrected chi connectivity index (χ2v) is 5.75. The molecule has 2 nitrogen and oxygen atoms in total. The van der Waals surface area contributed by atoms with E-state index in [1.807, 2.05) is 13.0 Å². The Morgan fingerprint density at radius 2 is 2.25 bits per heavy atom. The molecule has 3 heteroatoms. The first-order valence-corrected chi connectivity index (χ1v) is 6.54. The van der Waals surface area contributed by atoms with Crippen LogP contribution in [0.15, 0.2) is 22.7 Å². The van der Waals surface area contributed by atoms with Crippen molar-refractivity contribution >= 4 is 15.9 Å². The molecule has 88 valence electrons. The van der Waals surface area contributed by atoms with Crippen molar-refractivity contribution in [2.45, 2.75) is 31.8 Å². The van der Waals surface area contributed by atoms with Crippen LogP contribution in [0.4, 0.5) is 0 Å². The quantitative estimate of drug-likeness (QED) is 0.875. The summed E-state index contributed by atoms with van der Waals surface area (Å²) in [5.74, 6) is 0.157. The molecule has 2 rings (SSSR count).